The molecule has 0 radical (unpaired) electrons. The first-order valence-corrected chi connectivity index (χ1v) is 8.78. The summed E-state index contributed by atoms with van der Waals surface area (Å²) in [5.74, 6) is 3.05. The molecule has 0 amide bonds. The van der Waals surface area contributed by atoms with Crippen LogP contribution in [0.3, 0.4) is 0 Å². The number of nitrogens with two attached hydrogens (primary N) is 1. The van der Waals surface area contributed by atoms with Crippen molar-refractivity contribution in [3.8, 4) is 0 Å². The Hall–Kier alpha value is -0.760. The Morgan fingerprint density at radius 1 is 1.19 bits per heavy atom. The van der Waals surface area contributed by atoms with Crippen LogP contribution in [0.1, 0.15) is 52.4 Å². The highest BCUT2D eigenvalue weighted by molar-refractivity contribution is 5.24. The first-order valence-electron chi connectivity index (χ1n) is 8.78. The maximum atomic E-state index is 9.97. The third-order valence-electron chi connectivity index (χ3n) is 7.81. The molecule has 0 unspecified atom stereocenters. The lowest BCUT2D eigenvalue weighted by molar-refractivity contribution is -0.0712. The summed E-state index contributed by atoms with van der Waals surface area (Å²) in [5.41, 5.74) is 8.08. The van der Waals surface area contributed by atoms with Gasteiger partial charge in [-0.05, 0) is 67.6 Å². The minimum atomic E-state index is -0.211. The Labute approximate surface area is 128 Å². The molecule has 4 aliphatic rings. The Kier molecular flexibility index (Phi) is 2.89. The van der Waals surface area contributed by atoms with E-state index in [1.807, 2.05) is 0 Å². The maximum absolute atomic E-state index is 9.97. The quantitative estimate of drug-likeness (QED) is 0.668. The largest absolute Gasteiger partial charge is 0.402 e. The molecule has 2 nitrogen and oxygen atoms in total. The third-order valence-corrected chi connectivity index (χ3v) is 7.81. The van der Waals surface area contributed by atoms with Crippen molar-refractivity contribution >= 4 is 0 Å². The van der Waals surface area contributed by atoms with Crippen LogP contribution in [0, 0.1) is 34.5 Å². The van der Waals surface area contributed by atoms with Crippen LogP contribution in [0.2, 0.25) is 0 Å². The Morgan fingerprint density at radius 2 is 2.00 bits per heavy atom. The first kappa shape index (κ1) is 13.9. The van der Waals surface area contributed by atoms with Gasteiger partial charge < -0.3 is 10.8 Å². The number of rotatable bonds is 0. The summed E-state index contributed by atoms with van der Waals surface area (Å²) in [6.07, 6.45) is 13.9. The summed E-state index contributed by atoms with van der Waals surface area (Å²) in [7, 11) is 0. The average molecular weight is 287 g/mol. The molecular formula is C19H29NO. The monoisotopic (exact) mass is 287 g/mol. The predicted octanol–water partition coefficient (Wildman–Crippen LogP) is 3.62. The van der Waals surface area contributed by atoms with Crippen LogP contribution in [0.5, 0.6) is 0 Å². The number of hydrogen-bond donors (Lipinski definition) is 2. The molecule has 3 N–H and O–H groups in total. The smallest absolute Gasteiger partial charge is 0.0724 e. The van der Waals surface area contributed by atoms with Crippen molar-refractivity contribution in [2.75, 3.05) is 0 Å². The zero-order valence-corrected chi connectivity index (χ0v) is 13.4. The zero-order valence-electron chi connectivity index (χ0n) is 13.4. The van der Waals surface area contributed by atoms with E-state index in [9.17, 15) is 5.11 Å². The number of aliphatic hydroxyl groups excluding tert-OH is 1. The SMILES string of the molecule is C[C@]12C=C[C@H](O)C[C@H]1CC[C@@H]1[C@@H]2CC[C@]2(C)C(N)=CC[C@@H]12. The molecule has 4 rings (SSSR count). The van der Waals surface area contributed by atoms with E-state index in [2.05, 4.69) is 32.1 Å². The van der Waals surface area contributed by atoms with Crippen LogP contribution in [0.4, 0.5) is 0 Å². The second kappa shape index (κ2) is 4.38. The van der Waals surface area contributed by atoms with Crippen LogP contribution in [-0.2, 0) is 0 Å². The fourth-order valence-corrected chi connectivity index (χ4v) is 6.39. The summed E-state index contributed by atoms with van der Waals surface area (Å²) >= 11 is 0. The number of aliphatic hydroxyl groups is 1. The molecule has 0 aromatic rings. The Balaban J connectivity index is 1.67. The van der Waals surface area contributed by atoms with Crippen molar-refractivity contribution in [3.63, 3.8) is 0 Å². The van der Waals surface area contributed by atoms with Gasteiger partial charge >= 0.3 is 0 Å². The molecule has 0 heterocycles. The molecule has 21 heavy (non-hydrogen) atoms. The van der Waals surface area contributed by atoms with E-state index in [1.54, 1.807) is 0 Å². The van der Waals surface area contributed by atoms with Crippen LogP contribution in [0.15, 0.2) is 23.9 Å². The van der Waals surface area contributed by atoms with E-state index in [4.69, 9.17) is 5.73 Å². The minimum Gasteiger partial charge on any atom is -0.402 e. The van der Waals surface area contributed by atoms with Crippen molar-refractivity contribution in [3.05, 3.63) is 23.9 Å². The lowest BCUT2D eigenvalue weighted by Gasteiger charge is -2.59. The highest BCUT2D eigenvalue weighted by Gasteiger charge is 2.57. The Bertz CT molecular complexity index is 510. The molecule has 2 heteroatoms. The minimum absolute atomic E-state index is 0.211. The van der Waals surface area contributed by atoms with Crippen LogP contribution < -0.4 is 5.73 Å². The van der Waals surface area contributed by atoms with Gasteiger partial charge in [0.2, 0.25) is 0 Å². The highest BCUT2D eigenvalue weighted by atomic mass is 16.3. The molecule has 7 atom stereocenters. The van der Waals surface area contributed by atoms with E-state index in [0.29, 0.717) is 11.3 Å². The normalized spacial score (nSPS) is 55.4. The second-order valence-corrected chi connectivity index (χ2v) is 8.53. The van der Waals surface area contributed by atoms with Gasteiger partial charge in [0.25, 0.3) is 0 Å². The van der Waals surface area contributed by atoms with Gasteiger partial charge in [-0.25, -0.2) is 0 Å². The van der Waals surface area contributed by atoms with E-state index >= 15 is 0 Å². The fraction of sp³-hybridized carbons (Fsp3) is 0.789. The molecule has 0 bridgehead atoms. The standard InChI is InChI=1S/C19H29NO/c1-18-9-7-13(21)11-12(18)3-4-14-15-5-6-17(20)19(15,2)10-8-16(14)18/h6-7,9,12-16,21H,3-5,8,10-11,20H2,1-2H3/t12-,13+,14+,15+,16+,18+,19+/m1/s1. The third kappa shape index (κ3) is 1.75. The van der Waals surface area contributed by atoms with Crippen LogP contribution in [-0.4, -0.2) is 11.2 Å². The van der Waals surface area contributed by atoms with Crippen LogP contribution in [0.25, 0.3) is 0 Å². The van der Waals surface area contributed by atoms with Gasteiger partial charge in [-0.15, -0.1) is 0 Å². The molecule has 4 aliphatic carbocycles. The van der Waals surface area contributed by atoms with Gasteiger partial charge in [0.1, 0.15) is 0 Å². The summed E-state index contributed by atoms with van der Waals surface area (Å²) in [4.78, 5) is 0. The van der Waals surface area contributed by atoms with E-state index < -0.39 is 0 Å². The maximum Gasteiger partial charge on any atom is 0.0724 e. The summed E-state index contributed by atoms with van der Waals surface area (Å²) < 4.78 is 0. The van der Waals surface area contributed by atoms with E-state index in [0.717, 1.165) is 29.9 Å². The highest BCUT2D eigenvalue weighted by Crippen LogP contribution is 2.64. The molecule has 2 fully saturated rings. The van der Waals surface area contributed by atoms with Gasteiger partial charge in [-0.2, -0.15) is 0 Å². The van der Waals surface area contributed by atoms with Gasteiger partial charge in [-0.3, -0.25) is 0 Å². The number of allylic oxidation sites excluding steroid dienone is 3. The summed E-state index contributed by atoms with van der Waals surface area (Å²) in [6, 6.07) is 0. The molecule has 2 saturated carbocycles. The van der Waals surface area contributed by atoms with Crippen molar-refractivity contribution in [1.29, 1.82) is 0 Å². The molecular weight excluding hydrogens is 258 g/mol. The molecule has 0 saturated heterocycles. The van der Waals surface area contributed by atoms with Crippen LogP contribution >= 0.6 is 0 Å². The molecule has 0 aromatic carbocycles. The average Bonchev–Trinajstić information content (AvgIpc) is 2.76. The van der Waals surface area contributed by atoms with Crippen molar-refractivity contribution < 1.29 is 5.11 Å². The van der Waals surface area contributed by atoms with E-state index in [1.165, 1.54) is 32.1 Å². The lowest BCUT2D eigenvalue weighted by atomic mass is 9.46. The zero-order chi connectivity index (χ0) is 14.8. The van der Waals surface area contributed by atoms with Crippen molar-refractivity contribution in [2.24, 2.45) is 40.2 Å². The summed E-state index contributed by atoms with van der Waals surface area (Å²) in [6.45, 7) is 4.87. The topological polar surface area (TPSA) is 46.2 Å². The first-order chi connectivity index (χ1) is 9.95. The van der Waals surface area contributed by atoms with E-state index in [-0.39, 0.29) is 11.5 Å². The second-order valence-electron chi connectivity index (χ2n) is 8.53. The predicted molar refractivity (Wildman–Crippen MR) is 85.3 cm³/mol. The van der Waals surface area contributed by atoms with Gasteiger partial charge in [-0.1, -0.05) is 32.1 Å². The molecule has 0 spiro atoms. The fourth-order valence-electron chi connectivity index (χ4n) is 6.39. The lowest BCUT2D eigenvalue weighted by Crippen LogP contribution is -2.52. The van der Waals surface area contributed by atoms with Gasteiger partial charge in [0, 0.05) is 11.1 Å². The van der Waals surface area contributed by atoms with Crippen molar-refractivity contribution in [1.82, 2.24) is 0 Å². The molecule has 0 aliphatic heterocycles. The number of fused-ring (bicyclic) bond motifs is 5. The summed E-state index contributed by atoms with van der Waals surface area (Å²) in [5, 5.41) is 9.97. The molecule has 0 aromatic heterocycles. The van der Waals surface area contributed by atoms with Crippen molar-refractivity contribution in [2.45, 2.75) is 58.5 Å². The number of hydrogen-bond acceptors (Lipinski definition) is 2. The Morgan fingerprint density at radius 3 is 2.81 bits per heavy atom. The van der Waals surface area contributed by atoms with Gasteiger partial charge in [0.05, 0.1) is 6.10 Å². The molecule has 116 valence electrons. The van der Waals surface area contributed by atoms with Gasteiger partial charge in [0.15, 0.2) is 0 Å².